The predicted molar refractivity (Wildman–Crippen MR) is 589 cm³/mol. The number of piperazine rings is 5. The molecule has 17 heteroatoms. The van der Waals surface area contributed by atoms with Gasteiger partial charge in [0.15, 0.2) is 0 Å². The van der Waals surface area contributed by atoms with Crippen LogP contribution in [0.25, 0.3) is 0 Å². The van der Waals surface area contributed by atoms with Crippen molar-refractivity contribution in [3.63, 3.8) is 0 Å². The maximum atomic E-state index is 4.74. The molecule has 0 radical (unpaired) electrons. The van der Waals surface area contributed by atoms with Crippen LogP contribution in [0.3, 0.4) is 0 Å². The van der Waals surface area contributed by atoms with E-state index in [0.29, 0.717) is 87.5 Å². The first kappa shape index (κ1) is 116. The van der Waals surface area contributed by atoms with E-state index in [4.69, 9.17) is 4.98 Å². The fraction of sp³-hybridized carbons (Fsp3) is 0.788. The Balaban J connectivity index is 0.000000220. The molecule has 10 atom stereocenters. The third-order valence-electron chi connectivity index (χ3n) is 29.6. The first-order chi connectivity index (χ1) is 62.7. The van der Waals surface area contributed by atoms with Gasteiger partial charge in [0, 0.05) is 190 Å². The lowest BCUT2D eigenvalue weighted by Crippen LogP contribution is -2.58. The molecule has 0 N–H and O–H groups in total. The molecule has 17 nitrogen and oxygen atoms in total. The van der Waals surface area contributed by atoms with Crippen LogP contribution in [0.4, 0.5) is 29.1 Å². The standard InChI is InChI=1S/C28H48N4.C20H35N3.2C16H27N3.C16H31N.C12H19N3.2C5H12/c1-22-18-31(27-17-26(11-14-29-27)28(3,4)5)19-23(2)32(22)21-25-12-15-30(16-13-25)20-24-9-7-6-8-10-24;1-15-12-22(13-16(2)23(15)14-19(3,4)5)18-11-17(9-10-21-18)20(6,7)8;1-12-10-19(11-13(2)18(12)6)15-9-14(7-8-17-15)16(3,4)5;1-13-10-18(15-8-6-7-9-17-15)11-14(2)19(13)12-16(3,4)5;1-16(2,3)15-9-11-17(12-10-15)13-14-7-5-4-6-8-14;1-10-8-15(9-11(2)14(10)3)12-6-4-5-7-13-12;2*1-5(2,3)4/h11,14,17,22-25H,6-10,12-13,15-16,18-21H2,1-5H3;9-11,15-16H,12-14H2,1-8H3;7-9,12-13H,10-11H2,1-6H3;6-9,13-14H,10-12H2,1-5H3;14-15H,4-13H2,1-3H3;4-7,10-11H,8-9H2,1-3H3;2*1-4H3/t22-,23+;15-,16+;12-,13+;13-,14+;;10-,11+;;. The Labute approximate surface area is 833 Å². The third-order valence-corrected chi connectivity index (χ3v) is 29.6. The number of likely N-dealkylation sites (tertiary alicyclic amines) is 2. The van der Waals surface area contributed by atoms with E-state index in [1.54, 1.807) is 0 Å². The summed E-state index contributed by atoms with van der Waals surface area (Å²) in [6.45, 7) is 105. The zero-order chi connectivity index (χ0) is 101. The van der Waals surface area contributed by atoms with Crippen molar-refractivity contribution in [3.8, 4) is 0 Å². The van der Waals surface area contributed by atoms with Gasteiger partial charge in [0.1, 0.15) is 29.1 Å². The number of anilines is 5. The van der Waals surface area contributed by atoms with Gasteiger partial charge in [-0.25, -0.2) is 24.9 Å². The molecule has 9 aliphatic rings. The van der Waals surface area contributed by atoms with Crippen molar-refractivity contribution in [2.45, 2.75) is 416 Å². The van der Waals surface area contributed by atoms with Crippen molar-refractivity contribution >= 4 is 29.1 Å². The molecule has 0 spiro atoms. The summed E-state index contributed by atoms with van der Waals surface area (Å²) >= 11 is 0. The molecule has 135 heavy (non-hydrogen) atoms. The highest BCUT2D eigenvalue weighted by molar-refractivity contribution is 5.47. The highest BCUT2D eigenvalue weighted by Crippen LogP contribution is 2.38. The van der Waals surface area contributed by atoms with Gasteiger partial charge in [-0.1, -0.05) is 231 Å². The zero-order valence-electron chi connectivity index (χ0n) is 94.8. The van der Waals surface area contributed by atoms with E-state index in [-0.39, 0.29) is 16.2 Å². The van der Waals surface area contributed by atoms with Crippen molar-refractivity contribution in [2.24, 2.45) is 50.7 Å². The first-order valence-corrected chi connectivity index (χ1v) is 54.3. The maximum absolute atomic E-state index is 4.74. The zero-order valence-corrected chi connectivity index (χ0v) is 94.8. The van der Waals surface area contributed by atoms with E-state index in [2.05, 4.69) is 403 Å². The Morgan fingerprint density at radius 1 is 0.267 bits per heavy atom. The molecule has 768 valence electrons. The number of hydrogen-bond acceptors (Lipinski definition) is 17. The number of aromatic nitrogens is 5. The average molecular weight is 1870 g/mol. The molecule has 5 aromatic heterocycles. The summed E-state index contributed by atoms with van der Waals surface area (Å²) in [6.07, 6.45) is 30.1. The molecule has 7 aliphatic heterocycles. The van der Waals surface area contributed by atoms with Gasteiger partial charge in [-0.05, 0) is 305 Å². The molecule has 2 aliphatic carbocycles. The molecular weight excluding hydrogens is 1660 g/mol. The lowest BCUT2D eigenvalue weighted by molar-refractivity contribution is 0.0760. The third kappa shape index (κ3) is 41.5. The normalized spacial score (nSPS) is 25.2. The van der Waals surface area contributed by atoms with E-state index in [0.717, 1.165) is 131 Å². The second kappa shape index (κ2) is 52.5. The minimum atomic E-state index is 0.169. The summed E-state index contributed by atoms with van der Waals surface area (Å²) < 4.78 is 0. The van der Waals surface area contributed by atoms with E-state index in [9.17, 15) is 0 Å². The molecule has 14 rings (SSSR count). The summed E-state index contributed by atoms with van der Waals surface area (Å²) in [4.78, 5) is 53.5. The Bertz CT molecular complexity index is 3980. The van der Waals surface area contributed by atoms with Crippen LogP contribution < -0.4 is 24.5 Å². The minimum absolute atomic E-state index is 0.169. The lowest BCUT2D eigenvalue weighted by atomic mass is 9.75. The van der Waals surface area contributed by atoms with Crippen LogP contribution in [0, 0.1) is 50.7 Å². The van der Waals surface area contributed by atoms with Crippen molar-refractivity contribution in [3.05, 3.63) is 120 Å². The summed E-state index contributed by atoms with van der Waals surface area (Å²) in [5.74, 6) is 9.45. The molecule has 12 heterocycles. The number of nitrogens with zero attached hydrogens (tertiary/aromatic N) is 17. The number of piperidine rings is 2. The van der Waals surface area contributed by atoms with E-state index < -0.39 is 0 Å². The fourth-order valence-corrected chi connectivity index (χ4v) is 21.2. The van der Waals surface area contributed by atoms with E-state index in [1.807, 2.05) is 43.1 Å². The van der Waals surface area contributed by atoms with Crippen molar-refractivity contribution < 1.29 is 0 Å². The summed E-state index contributed by atoms with van der Waals surface area (Å²) in [5, 5.41) is 0. The first-order valence-electron chi connectivity index (χ1n) is 54.3. The van der Waals surface area contributed by atoms with Gasteiger partial charge >= 0.3 is 0 Å². The van der Waals surface area contributed by atoms with Gasteiger partial charge in [0.2, 0.25) is 0 Å². The average Bonchev–Trinajstić information content (AvgIpc) is 0.802. The second-order valence-corrected chi connectivity index (χ2v) is 53.5. The van der Waals surface area contributed by atoms with Crippen LogP contribution in [0.1, 0.15) is 356 Å². The van der Waals surface area contributed by atoms with Crippen LogP contribution >= 0.6 is 0 Å². The number of hydrogen-bond donors (Lipinski definition) is 0. The van der Waals surface area contributed by atoms with E-state index in [1.165, 1.54) is 152 Å². The topological polar surface area (TPSA) is 103 Å². The Morgan fingerprint density at radius 2 is 0.511 bits per heavy atom. The molecule has 7 saturated heterocycles. The van der Waals surface area contributed by atoms with Gasteiger partial charge in [-0.2, -0.15) is 0 Å². The number of likely N-dealkylation sites (N-methyl/N-ethyl adjacent to an activating group) is 2. The Kier molecular flexibility index (Phi) is 45.2. The van der Waals surface area contributed by atoms with Gasteiger partial charge in [-0.15, -0.1) is 0 Å². The Hall–Kier alpha value is -5.53. The smallest absolute Gasteiger partial charge is 0.128 e. The fourth-order valence-electron chi connectivity index (χ4n) is 21.2. The predicted octanol–water partition coefficient (Wildman–Crippen LogP) is 25.9. The monoisotopic (exact) mass is 1870 g/mol. The molecule has 0 bridgehead atoms. The molecular formula is C118H211N17. The van der Waals surface area contributed by atoms with Crippen LogP contribution in [-0.2, 0) is 16.2 Å². The molecule has 9 fully saturated rings. The lowest BCUT2D eigenvalue weighted by Gasteiger charge is -2.47. The van der Waals surface area contributed by atoms with Crippen molar-refractivity contribution in [1.82, 2.24) is 59.2 Å². The molecule has 0 unspecified atom stereocenters. The van der Waals surface area contributed by atoms with E-state index >= 15 is 0 Å². The largest absolute Gasteiger partial charge is 0.354 e. The van der Waals surface area contributed by atoms with Gasteiger partial charge in [-0.3, -0.25) is 24.5 Å². The minimum Gasteiger partial charge on any atom is -0.354 e. The van der Waals surface area contributed by atoms with Crippen LogP contribution in [0.15, 0.2) is 104 Å². The second-order valence-electron chi connectivity index (χ2n) is 53.5. The summed E-state index contributed by atoms with van der Waals surface area (Å²) in [5.41, 5.74) is 6.84. The van der Waals surface area contributed by atoms with Crippen LogP contribution in [-0.4, -0.2) is 258 Å². The highest BCUT2D eigenvalue weighted by atomic mass is 15.4. The quantitative estimate of drug-likeness (QED) is 0.112. The molecule has 2 saturated carbocycles. The Morgan fingerprint density at radius 3 is 0.763 bits per heavy atom. The van der Waals surface area contributed by atoms with Crippen molar-refractivity contribution in [2.75, 3.05) is 163 Å². The number of pyridine rings is 5. The van der Waals surface area contributed by atoms with Crippen LogP contribution in [0.5, 0.6) is 0 Å². The van der Waals surface area contributed by atoms with Crippen molar-refractivity contribution in [1.29, 1.82) is 0 Å². The maximum Gasteiger partial charge on any atom is 0.128 e. The van der Waals surface area contributed by atoms with Gasteiger partial charge in [0.05, 0.1) is 0 Å². The molecule has 0 aromatic carbocycles. The molecule has 0 amide bonds. The highest BCUT2D eigenvalue weighted by Gasteiger charge is 2.39. The van der Waals surface area contributed by atoms with Crippen LogP contribution in [0.2, 0.25) is 0 Å². The summed E-state index contributed by atoms with van der Waals surface area (Å²) in [7, 11) is 4.41. The summed E-state index contributed by atoms with van der Waals surface area (Å²) in [6, 6.07) is 31.3. The van der Waals surface area contributed by atoms with Gasteiger partial charge < -0.3 is 34.3 Å². The SMILES string of the molecule is CC(C)(C)C.CC(C)(C)C.CC(C)(C)C1CCN(CC2CCCCC2)CC1.C[C@@H]1CN(c2cc(C(C)(C)C)ccn2)C[C@H](C)N1C.C[C@@H]1CN(c2cc(C(C)(C)C)ccn2)C[C@H](C)N1CC(C)(C)C.C[C@@H]1CN(c2cc(C(C)(C)C)ccn2)C[C@H](C)N1CC1CCN(CC2CCCCC2)CC1.C[C@@H]1CN(c2ccccn2)C[C@H](C)N1C.C[C@@H]1CN(c2ccccn2)C[C@H](C)N1CC(C)(C)C. The molecule has 5 aromatic rings. The van der Waals surface area contributed by atoms with Gasteiger partial charge in [0.25, 0.3) is 0 Å². The number of rotatable bonds is 13.